The van der Waals surface area contributed by atoms with Crippen molar-refractivity contribution in [2.75, 3.05) is 41.0 Å². The Labute approximate surface area is 182 Å². The lowest BCUT2D eigenvalue weighted by Crippen LogP contribution is -2.28. The van der Waals surface area contributed by atoms with Crippen LogP contribution in [0.1, 0.15) is 5.56 Å². The zero-order valence-electron chi connectivity index (χ0n) is 17.9. The van der Waals surface area contributed by atoms with Crippen LogP contribution >= 0.6 is 0 Å². The molecule has 0 aliphatic heterocycles. The first-order chi connectivity index (χ1) is 15.1. The summed E-state index contributed by atoms with van der Waals surface area (Å²) in [5.74, 6) is 2.30. The fourth-order valence-electron chi connectivity index (χ4n) is 2.67. The summed E-state index contributed by atoms with van der Waals surface area (Å²) in [7, 11) is 4.75. The average molecular weight is 425 g/mol. The summed E-state index contributed by atoms with van der Waals surface area (Å²) in [6, 6.07) is 14.7. The van der Waals surface area contributed by atoms with Crippen molar-refractivity contribution in [2.45, 2.75) is 6.42 Å². The Hall–Kier alpha value is -3.86. The maximum absolute atomic E-state index is 12.2. The minimum atomic E-state index is -0.438. The first-order valence-corrected chi connectivity index (χ1v) is 9.71. The van der Waals surface area contributed by atoms with Gasteiger partial charge >= 0.3 is 0 Å². The number of rotatable bonds is 12. The van der Waals surface area contributed by atoms with Crippen LogP contribution in [0.2, 0.25) is 0 Å². The van der Waals surface area contributed by atoms with Gasteiger partial charge in [-0.25, -0.2) is 0 Å². The second kappa shape index (κ2) is 12.6. The lowest BCUT2D eigenvalue weighted by molar-refractivity contribution is -0.117. The van der Waals surface area contributed by atoms with Gasteiger partial charge in [0.1, 0.15) is 29.7 Å². The van der Waals surface area contributed by atoms with Gasteiger partial charge in [0.25, 0.3) is 5.91 Å². The highest BCUT2D eigenvalue weighted by molar-refractivity contribution is 5.97. The van der Waals surface area contributed by atoms with E-state index in [0.29, 0.717) is 43.4 Å². The van der Waals surface area contributed by atoms with Crippen molar-refractivity contribution in [3.8, 4) is 29.1 Å². The third-order valence-corrected chi connectivity index (χ3v) is 4.33. The number of hydrogen-bond acceptors (Lipinski definition) is 7. The molecular weight excluding hydrogens is 398 g/mol. The fourth-order valence-corrected chi connectivity index (χ4v) is 2.67. The Bertz CT molecular complexity index is 920. The van der Waals surface area contributed by atoms with E-state index in [-0.39, 0.29) is 5.57 Å². The third kappa shape index (κ3) is 7.48. The molecular formula is C23H27N3O5. The molecule has 0 fully saturated rings. The number of benzene rings is 2. The van der Waals surface area contributed by atoms with E-state index in [1.54, 1.807) is 33.5 Å². The number of carbonyl (C=O) groups is 1. The molecule has 2 rings (SSSR count). The van der Waals surface area contributed by atoms with Gasteiger partial charge in [-0.3, -0.25) is 4.79 Å². The van der Waals surface area contributed by atoms with E-state index in [1.165, 1.54) is 6.20 Å². The number of hydrogen-bond donors (Lipinski definition) is 2. The van der Waals surface area contributed by atoms with Crippen molar-refractivity contribution >= 4 is 5.91 Å². The van der Waals surface area contributed by atoms with E-state index in [0.717, 1.165) is 11.3 Å². The molecule has 0 atom stereocenters. The van der Waals surface area contributed by atoms with Crippen molar-refractivity contribution in [1.82, 2.24) is 10.6 Å². The van der Waals surface area contributed by atoms with Crippen molar-refractivity contribution < 1.29 is 23.7 Å². The van der Waals surface area contributed by atoms with Crippen LogP contribution in [0.5, 0.6) is 23.0 Å². The molecule has 0 spiro atoms. The smallest absolute Gasteiger partial charge is 0.263 e. The van der Waals surface area contributed by atoms with Gasteiger partial charge in [-0.05, 0) is 48.4 Å². The first-order valence-electron chi connectivity index (χ1n) is 9.71. The van der Waals surface area contributed by atoms with Gasteiger partial charge < -0.3 is 29.6 Å². The van der Waals surface area contributed by atoms with Gasteiger partial charge in [0.05, 0.1) is 21.3 Å². The highest BCUT2D eigenvalue weighted by Gasteiger charge is 2.09. The van der Waals surface area contributed by atoms with Gasteiger partial charge in [0.15, 0.2) is 11.5 Å². The monoisotopic (exact) mass is 425 g/mol. The molecule has 31 heavy (non-hydrogen) atoms. The van der Waals surface area contributed by atoms with Crippen molar-refractivity contribution in [2.24, 2.45) is 0 Å². The largest absolute Gasteiger partial charge is 0.497 e. The molecule has 0 radical (unpaired) electrons. The van der Waals surface area contributed by atoms with Gasteiger partial charge in [-0.1, -0.05) is 6.07 Å². The van der Waals surface area contributed by atoms with Gasteiger partial charge in [-0.15, -0.1) is 0 Å². The molecule has 0 aliphatic carbocycles. The number of carbonyl (C=O) groups excluding carboxylic acids is 1. The predicted molar refractivity (Wildman–Crippen MR) is 116 cm³/mol. The van der Waals surface area contributed by atoms with E-state index >= 15 is 0 Å². The van der Waals surface area contributed by atoms with E-state index < -0.39 is 5.91 Å². The minimum absolute atomic E-state index is 0.00300. The van der Waals surface area contributed by atoms with Crippen molar-refractivity contribution in [3.63, 3.8) is 0 Å². The summed E-state index contributed by atoms with van der Waals surface area (Å²) in [4.78, 5) is 12.2. The van der Waals surface area contributed by atoms with E-state index in [2.05, 4.69) is 10.6 Å². The summed E-state index contributed by atoms with van der Waals surface area (Å²) >= 11 is 0. The lowest BCUT2D eigenvalue weighted by atomic mass is 10.1. The van der Waals surface area contributed by atoms with Crippen molar-refractivity contribution in [3.05, 3.63) is 59.8 Å². The van der Waals surface area contributed by atoms with Crippen LogP contribution in [0.3, 0.4) is 0 Å². The van der Waals surface area contributed by atoms with Crippen LogP contribution in [0.4, 0.5) is 0 Å². The Morgan fingerprint density at radius 2 is 1.68 bits per heavy atom. The number of nitrogens with zero attached hydrogens (tertiary/aromatic N) is 1. The van der Waals surface area contributed by atoms with Crippen LogP contribution in [0.15, 0.2) is 54.2 Å². The van der Waals surface area contributed by atoms with E-state index in [4.69, 9.17) is 18.9 Å². The SMILES string of the molecule is COc1ccc(OCCN/C=C(/C#N)C(=O)NCCc2ccc(OC)c(OC)c2)cc1. The van der Waals surface area contributed by atoms with Gasteiger partial charge in [0.2, 0.25) is 0 Å². The second-order valence-electron chi connectivity index (χ2n) is 6.34. The zero-order valence-corrected chi connectivity index (χ0v) is 17.9. The molecule has 0 unspecified atom stereocenters. The molecule has 0 saturated carbocycles. The molecule has 2 N–H and O–H groups in total. The van der Waals surface area contributed by atoms with Crippen LogP contribution < -0.4 is 29.6 Å². The molecule has 2 aromatic rings. The third-order valence-electron chi connectivity index (χ3n) is 4.33. The van der Waals surface area contributed by atoms with Crippen LogP contribution in [0, 0.1) is 11.3 Å². The predicted octanol–water partition coefficient (Wildman–Crippen LogP) is 2.45. The van der Waals surface area contributed by atoms with Gasteiger partial charge in [0, 0.05) is 19.3 Å². The molecule has 164 valence electrons. The summed E-state index contributed by atoms with van der Waals surface area (Å²) < 4.78 is 21.2. The second-order valence-corrected chi connectivity index (χ2v) is 6.34. The summed E-state index contributed by atoms with van der Waals surface area (Å²) in [6.07, 6.45) is 1.98. The van der Waals surface area contributed by atoms with Crippen LogP contribution in [-0.4, -0.2) is 46.9 Å². The molecule has 0 aromatic heterocycles. The maximum Gasteiger partial charge on any atom is 0.263 e. The molecule has 0 aliphatic rings. The molecule has 0 bridgehead atoms. The summed E-state index contributed by atoms with van der Waals surface area (Å²) in [6.45, 7) is 1.20. The highest BCUT2D eigenvalue weighted by atomic mass is 16.5. The standard InChI is InChI=1S/C23H27N3O5/c1-28-19-5-7-20(8-6-19)31-13-12-25-16-18(15-24)23(27)26-11-10-17-4-9-21(29-2)22(14-17)30-3/h4-9,14,16,25H,10-13H2,1-3H3,(H,26,27)/b18-16-. The van der Waals surface area contributed by atoms with Crippen LogP contribution in [0.25, 0.3) is 0 Å². The van der Waals surface area contributed by atoms with E-state index in [9.17, 15) is 10.1 Å². The first kappa shape index (κ1) is 23.4. The Morgan fingerprint density at radius 1 is 0.968 bits per heavy atom. The molecule has 1 amide bonds. The maximum atomic E-state index is 12.2. The summed E-state index contributed by atoms with van der Waals surface area (Å²) in [5, 5.41) is 14.9. The molecule has 8 heteroatoms. The average Bonchev–Trinajstić information content (AvgIpc) is 2.81. The summed E-state index contributed by atoms with van der Waals surface area (Å²) in [5.41, 5.74) is 0.978. The number of ether oxygens (including phenoxy) is 4. The lowest BCUT2D eigenvalue weighted by Gasteiger charge is -2.10. The molecule has 0 saturated heterocycles. The van der Waals surface area contributed by atoms with Gasteiger partial charge in [-0.2, -0.15) is 5.26 Å². The van der Waals surface area contributed by atoms with Crippen molar-refractivity contribution in [1.29, 1.82) is 5.26 Å². The van der Waals surface area contributed by atoms with Crippen LogP contribution in [-0.2, 0) is 11.2 Å². The molecule has 2 aromatic carbocycles. The number of nitrogens with one attached hydrogen (secondary N) is 2. The molecule has 0 heterocycles. The zero-order chi connectivity index (χ0) is 22.5. The quantitative estimate of drug-likeness (QED) is 0.306. The topological polar surface area (TPSA) is 102 Å². The Kier molecular flexibility index (Phi) is 9.56. The van der Waals surface area contributed by atoms with E-state index in [1.807, 2.05) is 36.4 Å². The fraction of sp³-hybridized carbons (Fsp3) is 0.304. The Morgan fingerprint density at radius 3 is 2.32 bits per heavy atom. The molecule has 8 nitrogen and oxygen atoms in total. The normalized spacial score (nSPS) is 10.6. The highest BCUT2D eigenvalue weighted by Crippen LogP contribution is 2.27. The number of nitriles is 1. The minimum Gasteiger partial charge on any atom is -0.497 e. The number of methoxy groups -OCH3 is 3. The Balaban J connectivity index is 1.74. The number of amides is 1.